The Morgan fingerprint density at radius 2 is 1.26 bits per heavy atom. The molecule has 0 aromatic rings. The fraction of sp³-hybridized carbons (Fsp3) is 1.00. The molecule has 4 rings (SSSR count). The van der Waals surface area contributed by atoms with E-state index in [0.717, 1.165) is 11.8 Å². The van der Waals surface area contributed by atoms with Crippen molar-refractivity contribution in [3.8, 4) is 0 Å². The zero-order valence-electron chi connectivity index (χ0n) is 12.9. The maximum atomic E-state index is 5.90. The van der Waals surface area contributed by atoms with Crippen LogP contribution in [-0.2, 0) is 9.47 Å². The Morgan fingerprint density at radius 1 is 0.842 bits per heavy atom. The summed E-state index contributed by atoms with van der Waals surface area (Å²) in [4.78, 5) is 0. The summed E-state index contributed by atoms with van der Waals surface area (Å²) < 4.78 is 11.8. The fourth-order valence-corrected chi connectivity index (χ4v) is 4.98. The molecule has 0 amide bonds. The molecule has 6 unspecified atom stereocenters. The van der Waals surface area contributed by atoms with Gasteiger partial charge in [-0.1, -0.05) is 13.8 Å². The number of epoxide rings is 2. The van der Waals surface area contributed by atoms with E-state index in [1.165, 1.54) is 38.5 Å². The number of hydrogen-bond donors (Lipinski definition) is 0. The molecule has 0 N–H and O–H groups in total. The third-order valence-electron chi connectivity index (χ3n) is 7.15. The smallest absolute Gasteiger partial charge is 0.0920 e. The maximum absolute atomic E-state index is 5.90. The van der Waals surface area contributed by atoms with Crippen molar-refractivity contribution in [2.24, 2.45) is 17.3 Å². The van der Waals surface area contributed by atoms with E-state index in [2.05, 4.69) is 27.7 Å². The topological polar surface area (TPSA) is 25.1 Å². The van der Waals surface area contributed by atoms with Gasteiger partial charge in [0, 0.05) is 0 Å². The molecule has 108 valence electrons. The predicted octanol–water partition coefficient (Wildman–Crippen LogP) is 3.93. The van der Waals surface area contributed by atoms with Crippen LogP contribution in [0.1, 0.15) is 66.2 Å². The molecule has 2 saturated heterocycles. The van der Waals surface area contributed by atoms with Crippen LogP contribution < -0.4 is 0 Å². The Labute approximate surface area is 117 Å². The summed E-state index contributed by atoms with van der Waals surface area (Å²) in [7, 11) is 0. The van der Waals surface area contributed by atoms with Crippen molar-refractivity contribution in [2.75, 3.05) is 0 Å². The highest BCUT2D eigenvalue weighted by molar-refractivity contribution is 5.09. The van der Waals surface area contributed by atoms with Gasteiger partial charge in [0.15, 0.2) is 0 Å². The molecule has 19 heavy (non-hydrogen) atoms. The first kappa shape index (κ1) is 12.6. The molecular weight excluding hydrogens is 236 g/mol. The van der Waals surface area contributed by atoms with Gasteiger partial charge in [-0.3, -0.25) is 0 Å². The van der Waals surface area contributed by atoms with Crippen molar-refractivity contribution in [3.63, 3.8) is 0 Å². The first-order valence-electron chi connectivity index (χ1n) is 8.19. The first-order chi connectivity index (χ1) is 8.83. The van der Waals surface area contributed by atoms with E-state index in [-0.39, 0.29) is 11.2 Å². The van der Waals surface area contributed by atoms with Crippen molar-refractivity contribution in [1.29, 1.82) is 0 Å². The summed E-state index contributed by atoms with van der Waals surface area (Å²) in [6.07, 6.45) is 8.99. The van der Waals surface area contributed by atoms with Crippen molar-refractivity contribution >= 4 is 0 Å². The minimum Gasteiger partial charge on any atom is -0.366 e. The lowest BCUT2D eigenvalue weighted by atomic mass is 9.59. The van der Waals surface area contributed by atoms with E-state index in [1.807, 2.05) is 0 Å². The zero-order valence-corrected chi connectivity index (χ0v) is 12.9. The summed E-state index contributed by atoms with van der Waals surface area (Å²) in [5, 5.41) is 0. The molecule has 4 fully saturated rings. The Bertz CT molecular complexity index is 368. The van der Waals surface area contributed by atoms with Gasteiger partial charge in [-0.15, -0.1) is 0 Å². The van der Waals surface area contributed by atoms with Crippen LogP contribution in [0.5, 0.6) is 0 Å². The summed E-state index contributed by atoms with van der Waals surface area (Å²) in [6.45, 7) is 9.62. The molecule has 2 nitrogen and oxygen atoms in total. The Kier molecular flexibility index (Phi) is 2.37. The average molecular weight is 264 g/mol. The maximum Gasteiger partial charge on any atom is 0.0920 e. The monoisotopic (exact) mass is 264 g/mol. The highest BCUT2D eigenvalue weighted by Crippen LogP contribution is 2.59. The molecule has 6 atom stereocenters. The van der Waals surface area contributed by atoms with Gasteiger partial charge >= 0.3 is 0 Å². The highest BCUT2D eigenvalue weighted by atomic mass is 16.6. The second-order valence-corrected chi connectivity index (χ2v) is 8.60. The van der Waals surface area contributed by atoms with Gasteiger partial charge in [0.05, 0.1) is 23.4 Å². The fourth-order valence-electron chi connectivity index (χ4n) is 4.98. The van der Waals surface area contributed by atoms with Crippen LogP contribution in [-0.4, -0.2) is 23.4 Å². The lowest BCUT2D eigenvalue weighted by Gasteiger charge is -2.44. The van der Waals surface area contributed by atoms with Crippen LogP contribution >= 0.6 is 0 Å². The van der Waals surface area contributed by atoms with Gasteiger partial charge in [-0.25, -0.2) is 0 Å². The molecule has 2 aliphatic carbocycles. The minimum absolute atomic E-state index is 0.261. The van der Waals surface area contributed by atoms with E-state index >= 15 is 0 Å². The number of fused-ring (bicyclic) bond motifs is 2. The summed E-state index contributed by atoms with van der Waals surface area (Å²) in [6, 6.07) is 0. The Hall–Kier alpha value is -0.0800. The van der Waals surface area contributed by atoms with Crippen molar-refractivity contribution in [2.45, 2.75) is 89.6 Å². The molecule has 0 aromatic carbocycles. The number of rotatable bonds is 2. The summed E-state index contributed by atoms with van der Waals surface area (Å²) in [5.74, 6) is 1.70. The van der Waals surface area contributed by atoms with E-state index < -0.39 is 0 Å². The van der Waals surface area contributed by atoms with Crippen LogP contribution in [0.25, 0.3) is 0 Å². The summed E-state index contributed by atoms with van der Waals surface area (Å²) in [5.41, 5.74) is 0.981. The second-order valence-electron chi connectivity index (χ2n) is 8.60. The van der Waals surface area contributed by atoms with Crippen molar-refractivity contribution in [3.05, 3.63) is 0 Å². The first-order valence-corrected chi connectivity index (χ1v) is 8.19. The van der Waals surface area contributed by atoms with Gasteiger partial charge in [-0.05, 0) is 69.6 Å². The SMILES string of the molecule is CC12CCC(C(C)(C)C3CCC4(C)OC4C3)CC1O2. The Morgan fingerprint density at radius 3 is 1.63 bits per heavy atom. The minimum atomic E-state index is 0.261. The molecule has 2 heterocycles. The van der Waals surface area contributed by atoms with Gasteiger partial charge in [0.2, 0.25) is 0 Å². The quantitative estimate of drug-likeness (QED) is 0.706. The predicted molar refractivity (Wildman–Crippen MR) is 75.0 cm³/mol. The van der Waals surface area contributed by atoms with Crippen LogP contribution in [0, 0.1) is 17.3 Å². The van der Waals surface area contributed by atoms with Crippen LogP contribution in [0.2, 0.25) is 0 Å². The Balaban J connectivity index is 1.44. The third-order valence-corrected chi connectivity index (χ3v) is 7.15. The van der Waals surface area contributed by atoms with E-state index in [1.54, 1.807) is 0 Å². The molecule has 0 spiro atoms. The van der Waals surface area contributed by atoms with Crippen molar-refractivity contribution in [1.82, 2.24) is 0 Å². The number of hydrogen-bond acceptors (Lipinski definition) is 2. The number of ether oxygens (including phenoxy) is 2. The van der Waals surface area contributed by atoms with Gasteiger partial charge in [0.1, 0.15) is 0 Å². The lowest BCUT2D eigenvalue weighted by molar-refractivity contribution is 0.0614. The molecule has 2 heteroatoms. The highest BCUT2D eigenvalue weighted by Gasteiger charge is 2.60. The van der Waals surface area contributed by atoms with Crippen LogP contribution in [0.15, 0.2) is 0 Å². The van der Waals surface area contributed by atoms with Gasteiger partial charge < -0.3 is 9.47 Å². The average Bonchev–Trinajstić information content (AvgIpc) is 3.19. The molecule has 2 aliphatic heterocycles. The van der Waals surface area contributed by atoms with Crippen molar-refractivity contribution < 1.29 is 9.47 Å². The largest absolute Gasteiger partial charge is 0.366 e. The van der Waals surface area contributed by atoms with E-state index in [9.17, 15) is 0 Å². The van der Waals surface area contributed by atoms with Gasteiger partial charge in [-0.2, -0.15) is 0 Å². The second kappa shape index (κ2) is 3.57. The standard InChI is InChI=1S/C17H28O2/c1-15(2,11-5-7-16(3)13(9-11)18-16)12-6-8-17(4)14(10-12)19-17/h11-14H,5-10H2,1-4H3. The molecular formula is C17H28O2. The summed E-state index contributed by atoms with van der Waals surface area (Å²) >= 11 is 0. The molecule has 0 radical (unpaired) electrons. The van der Waals surface area contributed by atoms with Gasteiger partial charge in [0.25, 0.3) is 0 Å². The third kappa shape index (κ3) is 1.82. The molecule has 4 aliphatic rings. The zero-order chi connectivity index (χ0) is 13.5. The molecule has 0 bridgehead atoms. The van der Waals surface area contributed by atoms with E-state index in [0.29, 0.717) is 17.6 Å². The molecule has 0 aromatic heterocycles. The lowest BCUT2D eigenvalue weighted by Crippen LogP contribution is -2.40. The van der Waals surface area contributed by atoms with Crippen LogP contribution in [0.3, 0.4) is 0 Å². The van der Waals surface area contributed by atoms with E-state index in [4.69, 9.17) is 9.47 Å². The normalized spacial score (nSPS) is 56.2. The van der Waals surface area contributed by atoms with Crippen LogP contribution in [0.4, 0.5) is 0 Å². The molecule has 2 saturated carbocycles.